The van der Waals surface area contributed by atoms with E-state index in [0.717, 1.165) is 49.9 Å². The molecule has 1 saturated heterocycles. The van der Waals surface area contributed by atoms with Gasteiger partial charge in [-0.05, 0) is 55.3 Å². The van der Waals surface area contributed by atoms with Crippen LogP contribution in [0.15, 0.2) is 53.5 Å². The van der Waals surface area contributed by atoms with Crippen LogP contribution in [0.3, 0.4) is 0 Å². The molecule has 1 unspecified atom stereocenters. The number of guanidine groups is 1. The Morgan fingerprint density at radius 3 is 2.47 bits per heavy atom. The minimum absolute atomic E-state index is 0.0276. The van der Waals surface area contributed by atoms with Crippen molar-refractivity contribution in [3.63, 3.8) is 0 Å². The highest BCUT2D eigenvalue weighted by Crippen LogP contribution is 2.20. The number of hydrogen-bond donors (Lipinski definition) is 2. The fourth-order valence-electron chi connectivity index (χ4n) is 3.71. The van der Waals surface area contributed by atoms with Gasteiger partial charge in [0.25, 0.3) is 5.91 Å². The third-order valence-electron chi connectivity index (χ3n) is 5.86. The molecule has 1 atom stereocenters. The molecule has 1 fully saturated rings. The Bertz CT molecular complexity index is 905. The van der Waals surface area contributed by atoms with Crippen LogP contribution in [0, 0.1) is 0 Å². The van der Waals surface area contributed by atoms with Crippen LogP contribution in [0.2, 0.25) is 0 Å². The van der Waals surface area contributed by atoms with Gasteiger partial charge in [-0.2, -0.15) is 0 Å². The third-order valence-corrected chi connectivity index (χ3v) is 5.86. The second kappa shape index (κ2) is 11.4. The van der Waals surface area contributed by atoms with Crippen LogP contribution in [0.4, 0.5) is 5.69 Å². The van der Waals surface area contributed by atoms with E-state index in [-0.39, 0.29) is 11.9 Å². The molecule has 0 bridgehead atoms. The first-order chi connectivity index (χ1) is 15.5. The number of carbonyl (C=O) groups excluding carboxylic acids is 1. The van der Waals surface area contributed by atoms with E-state index in [2.05, 4.69) is 44.5 Å². The van der Waals surface area contributed by atoms with Crippen LogP contribution in [0.25, 0.3) is 0 Å². The molecule has 3 rings (SSSR count). The number of piperazine rings is 1. The standard InChI is InChI=1S/C25H35N5O2/c1-5-19(2)28-24(31)21-8-6-7-20(17-21)18-27-25(26-3)30-15-13-29(14-16-30)22-9-11-23(32-4)12-10-22/h6-12,17,19H,5,13-16,18H2,1-4H3,(H,26,27)(H,28,31). The van der Waals surface area contributed by atoms with Gasteiger partial charge in [0, 0.05) is 57.1 Å². The second-order valence-electron chi connectivity index (χ2n) is 8.06. The zero-order valence-corrected chi connectivity index (χ0v) is 19.6. The number of methoxy groups -OCH3 is 1. The molecule has 1 aliphatic heterocycles. The van der Waals surface area contributed by atoms with E-state index in [1.54, 1.807) is 7.11 Å². The number of benzene rings is 2. The molecule has 0 radical (unpaired) electrons. The molecule has 2 aromatic carbocycles. The summed E-state index contributed by atoms with van der Waals surface area (Å²) in [5.41, 5.74) is 2.95. The lowest BCUT2D eigenvalue weighted by Gasteiger charge is -2.37. The Morgan fingerprint density at radius 2 is 1.84 bits per heavy atom. The van der Waals surface area contributed by atoms with Crippen molar-refractivity contribution in [1.29, 1.82) is 0 Å². The quantitative estimate of drug-likeness (QED) is 0.515. The predicted octanol–water partition coefficient (Wildman–Crippen LogP) is 3.12. The Morgan fingerprint density at radius 1 is 1.12 bits per heavy atom. The highest BCUT2D eigenvalue weighted by atomic mass is 16.5. The Balaban J connectivity index is 1.53. The SMILES string of the molecule is CCC(C)NC(=O)c1cccc(CNC(=NC)N2CCN(c3ccc(OC)cc3)CC2)c1. The maximum atomic E-state index is 12.4. The summed E-state index contributed by atoms with van der Waals surface area (Å²) >= 11 is 0. The maximum absolute atomic E-state index is 12.4. The summed E-state index contributed by atoms with van der Waals surface area (Å²) in [5, 5.41) is 6.47. The largest absolute Gasteiger partial charge is 0.497 e. The molecule has 0 aromatic heterocycles. The Hall–Kier alpha value is -3.22. The summed E-state index contributed by atoms with van der Waals surface area (Å²) in [7, 11) is 3.50. The molecule has 1 heterocycles. The highest BCUT2D eigenvalue weighted by Gasteiger charge is 2.20. The average Bonchev–Trinajstić information content (AvgIpc) is 2.85. The average molecular weight is 438 g/mol. The van der Waals surface area contributed by atoms with Crippen molar-refractivity contribution in [1.82, 2.24) is 15.5 Å². The summed E-state index contributed by atoms with van der Waals surface area (Å²) in [5.74, 6) is 1.73. The lowest BCUT2D eigenvalue weighted by molar-refractivity contribution is 0.0939. The molecule has 2 N–H and O–H groups in total. The molecule has 0 saturated carbocycles. The molecule has 172 valence electrons. The van der Waals surface area contributed by atoms with E-state index >= 15 is 0 Å². The van der Waals surface area contributed by atoms with Crippen molar-refractivity contribution in [3.8, 4) is 5.75 Å². The highest BCUT2D eigenvalue weighted by molar-refractivity contribution is 5.94. The van der Waals surface area contributed by atoms with Gasteiger partial charge in [0.15, 0.2) is 5.96 Å². The molecular weight excluding hydrogens is 402 g/mol. The second-order valence-corrected chi connectivity index (χ2v) is 8.06. The number of anilines is 1. The van der Waals surface area contributed by atoms with E-state index in [1.165, 1.54) is 5.69 Å². The zero-order valence-electron chi connectivity index (χ0n) is 19.6. The van der Waals surface area contributed by atoms with Crippen LogP contribution >= 0.6 is 0 Å². The summed E-state index contributed by atoms with van der Waals surface area (Å²) in [4.78, 5) is 21.5. The number of nitrogens with one attached hydrogen (secondary N) is 2. The smallest absolute Gasteiger partial charge is 0.251 e. The minimum atomic E-state index is -0.0276. The van der Waals surface area contributed by atoms with Gasteiger partial charge in [0.2, 0.25) is 0 Å². The monoisotopic (exact) mass is 437 g/mol. The van der Waals surface area contributed by atoms with Gasteiger partial charge in [0.1, 0.15) is 5.75 Å². The van der Waals surface area contributed by atoms with Crippen LogP contribution in [-0.4, -0.2) is 63.1 Å². The molecule has 2 aromatic rings. The Kier molecular flexibility index (Phi) is 8.36. The summed E-state index contributed by atoms with van der Waals surface area (Å²) in [6.45, 7) is 8.34. The maximum Gasteiger partial charge on any atom is 0.251 e. The fourth-order valence-corrected chi connectivity index (χ4v) is 3.71. The molecule has 7 nitrogen and oxygen atoms in total. The lowest BCUT2D eigenvalue weighted by atomic mass is 10.1. The topological polar surface area (TPSA) is 69.2 Å². The summed E-state index contributed by atoms with van der Waals surface area (Å²) in [6.07, 6.45) is 0.912. The fraction of sp³-hybridized carbons (Fsp3) is 0.440. The van der Waals surface area contributed by atoms with Gasteiger partial charge in [0.05, 0.1) is 7.11 Å². The number of ether oxygens (including phenoxy) is 1. The number of carbonyl (C=O) groups is 1. The Labute approximate surface area is 191 Å². The van der Waals surface area contributed by atoms with Crippen molar-refractivity contribution in [2.45, 2.75) is 32.9 Å². The van der Waals surface area contributed by atoms with Gasteiger partial charge in [-0.1, -0.05) is 19.1 Å². The van der Waals surface area contributed by atoms with Crippen molar-refractivity contribution in [2.24, 2.45) is 4.99 Å². The molecule has 32 heavy (non-hydrogen) atoms. The number of rotatable bonds is 7. The van der Waals surface area contributed by atoms with Gasteiger partial charge >= 0.3 is 0 Å². The van der Waals surface area contributed by atoms with Crippen LogP contribution in [0.5, 0.6) is 5.75 Å². The molecule has 7 heteroatoms. The molecule has 1 amide bonds. The molecule has 1 aliphatic rings. The van der Waals surface area contributed by atoms with E-state index in [1.807, 2.05) is 50.4 Å². The first-order valence-corrected chi connectivity index (χ1v) is 11.3. The van der Waals surface area contributed by atoms with E-state index in [0.29, 0.717) is 12.1 Å². The van der Waals surface area contributed by atoms with Gasteiger partial charge in [-0.25, -0.2) is 0 Å². The van der Waals surface area contributed by atoms with E-state index < -0.39 is 0 Å². The minimum Gasteiger partial charge on any atom is -0.497 e. The first kappa shape index (κ1) is 23.4. The number of amides is 1. The van der Waals surface area contributed by atoms with Crippen molar-refractivity contribution >= 4 is 17.6 Å². The number of aliphatic imine (C=N–C) groups is 1. The zero-order chi connectivity index (χ0) is 22.9. The van der Waals surface area contributed by atoms with E-state index in [4.69, 9.17) is 4.74 Å². The van der Waals surface area contributed by atoms with Crippen LogP contribution in [-0.2, 0) is 6.54 Å². The van der Waals surface area contributed by atoms with Gasteiger partial charge in [-0.3, -0.25) is 9.79 Å². The van der Waals surface area contributed by atoms with Crippen molar-refractivity contribution < 1.29 is 9.53 Å². The van der Waals surface area contributed by atoms with Crippen LogP contribution < -0.4 is 20.3 Å². The normalized spacial score (nSPS) is 15.3. The van der Waals surface area contributed by atoms with Crippen molar-refractivity contribution in [2.75, 3.05) is 45.2 Å². The molecular formula is C25H35N5O2. The summed E-state index contributed by atoms with van der Waals surface area (Å²) < 4.78 is 5.25. The lowest BCUT2D eigenvalue weighted by Crippen LogP contribution is -2.52. The van der Waals surface area contributed by atoms with Crippen LogP contribution in [0.1, 0.15) is 36.2 Å². The third kappa shape index (κ3) is 6.15. The molecule has 0 spiro atoms. The van der Waals surface area contributed by atoms with Gasteiger partial charge < -0.3 is 25.2 Å². The molecule has 0 aliphatic carbocycles. The summed E-state index contributed by atoms with van der Waals surface area (Å²) in [6, 6.07) is 16.1. The van der Waals surface area contributed by atoms with Crippen molar-refractivity contribution in [3.05, 3.63) is 59.7 Å². The van der Waals surface area contributed by atoms with Gasteiger partial charge in [-0.15, -0.1) is 0 Å². The predicted molar refractivity (Wildman–Crippen MR) is 131 cm³/mol. The number of nitrogens with zero attached hydrogens (tertiary/aromatic N) is 3. The van der Waals surface area contributed by atoms with E-state index in [9.17, 15) is 4.79 Å². The first-order valence-electron chi connectivity index (χ1n) is 11.3. The number of hydrogen-bond acceptors (Lipinski definition) is 4.